The lowest BCUT2D eigenvalue weighted by molar-refractivity contribution is -0.122. The van der Waals surface area contributed by atoms with Crippen molar-refractivity contribution < 1.29 is 4.79 Å². The average molecular weight is 324 g/mol. The minimum absolute atomic E-state index is 0.0328. The van der Waals surface area contributed by atoms with Gasteiger partial charge in [-0.3, -0.25) is 9.59 Å². The van der Waals surface area contributed by atoms with Crippen LogP contribution in [0, 0.1) is 0 Å². The summed E-state index contributed by atoms with van der Waals surface area (Å²) in [5.41, 5.74) is 1.49. The maximum atomic E-state index is 12.2. The van der Waals surface area contributed by atoms with Crippen molar-refractivity contribution in [3.05, 3.63) is 70.9 Å². The molecule has 0 saturated heterocycles. The van der Waals surface area contributed by atoms with Crippen molar-refractivity contribution in [3.8, 4) is 0 Å². The van der Waals surface area contributed by atoms with Crippen LogP contribution in [0.2, 0.25) is 0 Å². The fourth-order valence-corrected chi connectivity index (χ4v) is 2.65. The van der Waals surface area contributed by atoms with Crippen LogP contribution in [0.3, 0.4) is 0 Å². The lowest BCUT2D eigenvalue weighted by atomic mass is 10.1. The van der Waals surface area contributed by atoms with Gasteiger partial charge in [-0.2, -0.15) is 5.10 Å². The van der Waals surface area contributed by atoms with Crippen LogP contribution < -0.4 is 10.9 Å². The van der Waals surface area contributed by atoms with Crippen LogP contribution in [-0.4, -0.2) is 26.1 Å². The quantitative estimate of drug-likeness (QED) is 0.749. The van der Waals surface area contributed by atoms with Gasteiger partial charge in [0, 0.05) is 12.2 Å². The summed E-state index contributed by atoms with van der Waals surface area (Å²) in [6.45, 7) is 1.89. The van der Waals surface area contributed by atoms with Crippen molar-refractivity contribution in [2.45, 2.75) is 32.4 Å². The fourth-order valence-electron chi connectivity index (χ4n) is 2.65. The number of nitrogens with zero attached hydrogens (tertiary/aromatic N) is 3. The second-order valence-corrected chi connectivity index (χ2v) is 5.89. The normalized spacial score (nSPS) is 12.2. The van der Waals surface area contributed by atoms with Crippen molar-refractivity contribution in [3.63, 3.8) is 0 Å². The molecule has 1 N–H and O–H groups in total. The van der Waals surface area contributed by atoms with E-state index in [1.807, 2.05) is 25.1 Å². The summed E-state index contributed by atoms with van der Waals surface area (Å²) < 4.78 is 2.83. The molecule has 6 heteroatoms. The summed E-state index contributed by atoms with van der Waals surface area (Å²) in [5.74, 6) is -0.207. The highest BCUT2D eigenvalue weighted by molar-refractivity contribution is 5.76. The second kappa shape index (κ2) is 7.12. The zero-order valence-electron chi connectivity index (χ0n) is 13.6. The molecular weight excluding hydrogens is 304 g/mol. The first kappa shape index (κ1) is 16.0. The van der Waals surface area contributed by atoms with Gasteiger partial charge in [-0.15, -0.1) is 0 Å². The zero-order valence-corrected chi connectivity index (χ0v) is 13.6. The van der Waals surface area contributed by atoms with Gasteiger partial charge in [0.15, 0.2) is 0 Å². The Morgan fingerprint density at radius 1 is 1.21 bits per heavy atom. The van der Waals surface area contributed by atoms with E-state index >= 15 is 0 Å². The summed E-state index contributed by atoms with van der Waals surface area (Å²) >= 11 is 0. The Kier molecular flexibility index (Phi) is 4.74. The molecule has 3 rings (SSSR count). The predicted molar refractivity (Wildman–Crippen MR) is 91.8 cm³/mol. The second-order valence-electron chi connectivity index (χ2n) is 5.89. The Morgan fingerprint density at radius 3 is 2.79 bits per heavy atom. The van der Waals surface area contributed by atoms with E-state index in [1.54, 1.807) is 22.7 Å². The smallest absolute Gasteiger partial charge is 0.291 e. The fraction of sp³-hybridized carbons (Fsp3) is 0.278. The molecule has 0 aliphatic rings. The van der Waals surface area contributed by atoms with Crippen molar-refractivity contribution in [1.29, 1.82) is 0 Å². The largest absolute Gasteiger partial charge is 0.352 e. The molecule has 0 saturated carbocycles. The van der Waals surface area contributed by atoms with E-state index in [1.165, 1.54) is 16.6 Å². The van der Waals surface area contributed by atoms with Crippen LogP contribution in [0.25, 0.3) is 5.52 Å². The number of benzene rings is 1. The van der Waals surface area contributed by atoms with Crippen molar-refractivity contribution in [2.75, 3.05) is 0 Å². The maximum absolute atomic E-state index is 12.2. The van der Waals surface area contributed by atoms with Crippen LogP contribution >= 0.6 is 0 Å². The molecule has 0 aliphatic carbocycles. The van der Waals surface area contributed by atoms with Crippen molar-refractivity contribution in [1.82, 2.24) is 19.5 Å². The topological polar surface area (TPSA) is 68.4 Å². The van der Waals surface area contributed by atoms with E-state index in [9.17, 15) is 9.59 Å². The summed E-state index contributed by atoms with van der Waals surface area (Å²) in [6.07, 6.45) is 5.02. The highest BCUT2D eigenvalue weighted by atomic mass is 16.2. The first-order valence-corrected chi connectivity index (χ1v) is 7.99. The van der Waals surface area contributed by atoms with E-state index < -0.39 is 0 Å². The SMILES string of the molecule is CC(CCc1ccccc1)NC(=O)Cn1ncn2cccc2c1=O. The van der Waals surface area contributed by atoms with Gasteiger partial charge in [-0.25, -0.2) is 4.68 Å². The van der Waals surface area contributed by atoms with E-state index in [-0.39, 0.29) is 24.1 Å². The maximum Gasteiger partial charge on any atom is 0.291 e. The number of fused-ring (bicyclic) bond motifs is 1. The van der Waals surface area contributed by atoms with Gasteiger partial charge in [-0.05, 0) is 37.5 Å². The van der Waals surface area contributed by atoms with Gasteiger partial charge >= 0.3 is 0 Å². The van der Waals surface area contributed by atoms with Gasteiger partial charge in [0.1, 0.15) is 18.4 Å². The van der Waals surface area contributed by atoms with E-state index in [0.717, 1.165) is 12.8 Å². The highest BCUT2D eigenvalue weighted by Gasteiger charge is 2.11. The van der Waals surface area contributed by atoms with Gasteiger partial charge < -0.3 is 9.72 Å². The van der Waals surface area contributed by atoms with Crippen molar-refractivity contribution in [2.24, 2.45) is 0 Å². The van der Waals surface area contributed by atoms with Crippen LogP contribution in [-0.2, 0) is 17.8 Å². The molecule has 1 unspecified atom stereocenters. The summed E-state index contributed by atoms with van der Waals surface area (Å²) in [5, 5.41) is 6.95. The summed E-state index contributed by atoms with van der Waals surface area (Å²) in [4.78, 5) is 24.4. The summed E-state index contributed by atoms with van der Waals surface area (Å²) in [6, 6.07) is 13.7. The van der Waals surface area contributed by atoms with Crippen LogP contribution in [0.15, 0.2) is 59.8 Å². The number of aromatic nitrogens is 3. The Labute approximate surface area is 139 Å². The Hall–Kier alpha value is -2.89. The van der Waals surface area contributed by atoms with Crippen LogP contribution in [0.4, 0.5) is 0 Å². The Morgan fingerprint density at radius 2 is 2.00 bits per heavy atom. The third-order valence-electron chi connectivity index (χ3n) is 3.96. The molecular formula is C18H20N4O2. The molecule has 0 bridgehead atoms. The zero-order chi connectivity index (χ0) is 16.9. The first-order valence-electron chi connectivity index (χ1n) is 7.99. The lowest BCUT2D eigenvalue weighted by Crippen LogP contribution is -2.38. The van der Waals surface area contributed by atoms with Crippen LogP contribution in [0.5, 0.6) is 0 Å². The molecule has 1 aromatic carbocycles. The number of hydrogen-bond donors (Lipinski definition) is 1. The monoisotopic (exact) mass is 324 g/mol. The van der Waals surface area contributed by atoms with Gasteiger partial charge in [0.25, 0.3) is 5.56 Å². The molecule has 0 radical (unpaired) electrons. The Balaban J connectivity index is 1.56. The van der Waals surface area contributed by atoms with E-state index in [2.05, 4.69) is 22.5 Å². The third kappa shape index (κ3) is 3.71. The predicted octanol–water partition coefficient (Wildman–Crippen LogP) is 1.63. The standard InChI is InChI=1S/C18H20N4O2/c1-14(9-10-15-6-3-2-4-7-15)20-17(23)12-22-18(24)16-8-5-11-21(16)13-19-22/h2-8,11,13-14H,9-10,12H2,1H3,(H,20,23). The van der Waals surface area contributed by atoms with Gasteiger partial charge in [0.2, 0.25) is 5.91 Å². The Bertz CT molecular complexity index is 883. The molecule has 1 atom stereocenters. The molecule has 1 amide bonds. The minimum atomic E-state index is -0.269. The molecule has 24 heavy (non-hydrogen) atoms. The van der Waals surface area contributed by atoms with E-state index in [0.29, 0.717) is 5.52 Å². The number of carbonyl (C=O) groups is 1. The van der Waals surface area contributed by atoms with Crippen molar-refractivity contribution >= 4 is 11.4 Å². The number of hydrogen-bond acceptors (Lipinski definition) is 3. The molecule has 0 aliphatic heterocycles. The van der Waals surface area contributed by atoms with E-state index in [4.69, 9.17) is 0 Å². The molecule has 0 spiro atoms. The van der Waals surface area contributed by atoms with Gasteiger partial charge in [0.05, 0.1) is 0 Å². The first-order chi connectivity index (χ1) is 11.6. The minimum Gasteiger partial charge on any atom is -0.352 e. The molecule has 124 valence electrons. The van der Waals surface area contributed by atoms with Gasteiger partial charge in [-0.1, -0.05) is 30.3 Å². The third-order valence-corrected chi connectivity index (χ3v) is 3.96. The number of carbonyl (C=O) groups excluding carboxylic acids is 1. The number of nitrogens with one attached hydrogen (secondary N) is 1. The molecule has 0 fully saturated rings. The number of amides is 1. The van der Waals surface area contributed by atoms with Crippen LogP contribution in [0.1, 0.15) is 18.9 Å². The molecule has 6 nitrogen and oxygen atoms in total. The summed E-state index contributed by atoms with van der Waals surface area (Å²) in [7, 11) is 0. The molecule has 2 aromatic heterocycles. The molecule has 2 heterocycles. The number of rotatable bonds is 6. The lowest BCUT2D eigenvalue weighted by Gasteiger charge is -2.14. The average Bonchev–Trinajstić information content (AvgIpc) is 3.06. The number of aryl methyl sites for hydroxylation is 1. The highest BCUT2D eigenvalue weighted by Crippen LogP contribution is 2.04. The molecule has 3 aromatic rings.